The number of hydrogen-bond acceptors (Lipinski definition) is 4. The van der Waals surface area contributed by atoms with Crippen LogP contribution >= 0.6 is 11.3 Å². The lowest BCUT2D eigenvalue weighted by Crippen LogP contribution is -2.35. The van der Waals surface area contributed by atoms with Crippen LogP contribution in [0.15, 0.2) is 12.1 Å². The third-order valence-electron chi connectivity index (χ3n) is 4.01. The van der Waals surface area contributed by atoms with Crippen molar-refractivity contribution in [3.63, 3.8) is 0 Å². The van der Waals surface area contributed by atoms with E-state index in [1.165, 1.54) is 11.1 Å². The molecular formula is C16H20N2O2S. The molecule has 1 unspecified atom stereocenters. The van der Waals surface area contributed by atoms with Gasteiger partial charge >= 0.3 is 0 Å². The van der Waals surface area contributed by atoms with Crippen LogP contribution in [0.3, 0.4) is 0 Å². The van der Waals surface area contributed by atoms with E-state index in [0.29, 0.717) is 6.54 Å². The standard InChI is InChI=1S/C16H20N2O2S/c1-10-7-14-15(8-11(10)2)21-16(17-14)18(12(3)19)9-13-5-4-6-20-13/h7-8,13H,4-6,9H2,1-3H3. The highest BCUT2D eigenvalue weighted by atomic mass is 32.1. The number of ether oxygens (including phenoxy) is 1. The Labute approximate surface area is 128 Å². The number of hydrogen-bond donors (Lipinski definition) is 0. The predicted octanol–water partition coefficient (Wildman–Crippen LogP) is 3.45. The van der Waals surface area contributed by atoms with Crippen LogP contribution in [-0.4, -0.2) is 30.1 Å². The quantitative estimate of drug-likeness (QED) is 0.872. The van der Waals surface area contributed by atoms with E-state index < -0.39 is 0 Å². The van der Waals surface area contributed by atoms with E-state index in [9.17, 15) is 4.79 Å². The Bertz CT molecular complexity index is 635. The molecule has 1 amide bonds. The molecule has 1 fully saturated rings. The summed E-state index contributed by atoms with van der Waals surface area (Å²) in [5.41, 5.74) is 3.45. The Morgan fingerprint density at radius 2 is 2.19 bits per heavy atom. The number of carbonyl (C=O) groups is 1. The van der Waals surface area contributed by atoms with Crippen LogP contribution in [0.5, 0.6) is 0 Å². The molecule has 0 aliphatic carbocycles. The molecule has 112 valence electrons. The Balaban J connectivity index is 1.93. The largest absolute Gasteiger partial charge is 0.376 e. The normalized spacial score (nSPS) is 18.3. The van der Waals surface area contributed by atoms with Crippen LogP contribution in [-0.2, 0) is 9.53 Å². The number of fused-ring (bicyclic) bond motifs is 1. The van der Waals surface area contributed by atoms with Gasteiger partial charge in [-0.1, -0.05) is 11.3 Å². The van der Waals surface area contributed by atoms with Crippen molar-refractivity contribution in [3.8, 4) is 0 Å². The Kier molecular flexibility index (Phi) is 3.95. The first-order chi connectivity index (χ1) is 10.0. The number of thiazole rings is 1. The molecule has 1 aromatic heterocycles. The number of rotatable bonds is 3. The van der Waals surface area contributed by atoms with Gasteiger partial charge in [-0.15, -0.1) is 0 Å². The summed E-state index contributed by atoms with van der Waals surface area (Å²) in [6.45, 7) is 7.19. The minimum absolute atomic E-state index is 0.0259. The van der Waals surface area contributed by atoms with Crippen molar-refractivity contribution in [2.45, 2.75) is 39.7 Å². The maximum Gasteiger partial charge on any atom is 0.225 e. The molecule has 2 aromatic rings. The monoisotopic (exact) mass is 304 g/mol. The zero-order valence-corrected chi connectivity index (χ0v) is 13.5. The van der Waals surface area contributed by atoms with Gasteiger partial charge in [-0.25, -0.2) is 4.98 Å². The van der Waals surface area contributed by atoms with E-state index in [1.54, 1.807) is 23.2 Å². The number of aryl methyl sites for hydroxylation is 2. The molecule has 1 atom stereocenters. The minimum atomic E-state index is 0.0259. The molecule has 2 heterocycles. The van der Waals surface area contributed by atoms with Crippen molar-refractivity contribution in [1.29, 1.82) is 0 Å². The molecule has 0 bridgehead atoms. The molecule has 0 radical (unpaired) electrons. The Hall–Kier alpha value is -1.46. The summed E-state index contributed by atoms with van der Waals surface area (Å²) in [7, 11) is 0. The first-order valence-corrected chi connectivity index (χ1v) is 8.14. The van der Waals surface area contributed by atoms with Crippen LogP contribution in [0, 0.1) is 13.8 Å². The maximum atomic E-state index is 12.0. The molecular weight excluding hydrogens is 284 g/mol. The molecule has 1 aliphatic heterocycles. The first kappa shape index (κ1) is 14.5. The number of amides is 1. The van der Waals surface area contributed by atoms with Gasteiger partial charge in [0.25, 0.3) is 0 Å². The van der Waals surface area contributed by atoms with Gasteiger partial charge in [-0.05, 0) is 49.9 Å². The van der Waals surface area contributed by atoms with Gasteiger partial charge in [0, 0.05) is 13.5 Å². The molecule has 0 saturated carbocycles. The molecule has 1 saturated heterocycles. The van der Waals surface area contributed by atoms with Crippen molar-refractivity contribution in [3.05, 3.63) is 23.3 Å². The lowest BCUT2D eigenvalue weighted by molar-refractivity contribution is -0.116. The fourth-order valence-electron chi connectivity index (χ4n) is 2.62. The van der Waals surface area contributed by atoms with Crippen LogP contribution in [0.4, 0.5) is 5.13 Å². The summed E-state index contributed by atoms with van der Waals surface area (Å²) in [4.78, 5) is 18.4. The summed E-state index contributed by atoms with van der Waals surface area (Å²) < 4.78 is 6.78. The van der Waals surface area contributed by atoms with Gasteiger partial charge in [0.05, 0.1) is 22.9 Å². The van der Waals surface area contributed by atoms with E-state index >= 15 is 0 Å². The average molecular weight is 304 g/mol. The van der Waals surface area contributed by atoms with E-state index in [0.717, 1.165) is 34.8 Å². The van der Waals surface area contributed by atoms with Crippen molar-refractivity contribution < 1.29 is 9.53 Å². The topological polar surface area (TPSA) is 42.4 Å². The number of aromatic nitrogens is 1. The summed E-state index contributed by atoms with van der Waals surface area (Å²) in [5, 5.41) is 0.776. The molecule has 0 spiro atoms. The van der Waals surface area contributed by atoms with Crippen molar-refractivity contribution in [2.24, 2.45) is 0 Å². The highest BCUT2D eigenvalue weighted by Crippen LogP contribution is 2.31. The maximum absolute atomic E-state index is 12.0. The SMILES string of the molecule is CC(=O)N(CC1CCCO1)c1nc2cc(C)c(C)cc2s1. The average Bonchev–Trinajstić information content (AvgIpc) is 3.05. The van der Waals surface area contributed by atoms with E-state index in [2.05, 4.69) is 31.0 Å². The van der Waals surface area contributed by atoms with Crippen LogP contribution < -0.4 is 4.90 Å². The van der Waals surface area contributed by atoms with Gasteiger partial charge in [0.1, 0.15) is 0 Å². The second-order valence-electron chi connectivity index (χ2n) is 5.67. The molecule has 4 nitrogen and oxygen atoms in total. The molecule has 1 aromatic carbocycles. The summed E-state index contributed by atoms with van der Waals surface area (Å²) in [6.07, 6.45) is 2.24. The fraction of sp³-hybridized carbons (Fsp3) is 0.500. The number of benzene rings is 1. The highest BCUT2D eigenvalue weighted by molar-refractivity contribution is 7.22. The summed E-state index contributed by atoms with van der Waals surface area (Å²) in [5.74, 6) is 0.0259. The van der Waals surface area contributed by atoms with E-state index in [1.807, 2.05) is 0 Å². The summed E-state index contributed by atoms with van der Waals surface area (Å²) >= 11 is 1.58. The van der Waals surface area contributed by atoms with Crippen molar-refractivity contribution >= 4 is 32.6 Å². The van der Waals surface area contributed by atoms with Crippen LogP contribution in [0.2, 0.25) is 0 Å². The number of nitrogens with zero attached hydrogens (tertiary/aromatic N) is 2. The second-order valence-corrected chi connectivity index (χ2v) is 6.67. The molecule has 0 N–H and O–H groups in total. The van der Waals surface area contributed by atoms with Crippen LogP contribution in [0.25, 0.3) is 10.2 Å². The molecule has 3 rings (SSSR count). The van der Waals surface area contributed by atoms with Gasteiger partial charge in [-0.3, -0.25) is 9.69 Å². The second kappa shape index (κ2) is 5.73. The number of carbonyl (C=O) groups excluding carboxylic acids is 1. The smallest absolute Gasteiger partial charge is 0.225 e. The Morgan fingerprint density at radius 3 is 2.86 bits per heavy atom. The first-order valence-electron chi connectivity index (χ1n) is 7.32. The number of anilines is 1. The van der Waals surface area contributed by atoms with Crippen molar-refractivity contribution in [2.75, 3.05) is 18.1 Å². The zero-order valence-electron chi connectivity index (χ0n) is 12.7. The van der Waals surface area contributed by atoms with E-state index in [4.69, 9.17) is 4.74 Å². The van der Waals surface area contributed by atoms with Gasteiger partial charge in [0.2, 0.25) is 5.91 Å². The zero-order chi connectivity index (χ0) is 15.0. The molecule has 21 heavy (non-hydrogen) atoms. The van der Waals surface area contributed by atoms with Crippen molar-refractivity contribution in [1.82, 2.24) is 4.98 Å². The lowest BCUT2D eigenvalue weighted by atomic mass is 10.1. The highest BCUT2D eigenvalue weighted by Gasteiger charge is 2.24. The van der Waals surface area contributed by atoms with Gasteiger partial charge < -0.3 is 4.74 Å². The molecule has 1 aliphatic rings. The van der Waals surface area contributed by atoms with Gasteiger partial charge in [-0.2, -0.15) is 0 Å². The third kappa shape index (κ3) is 2.94. The molecule has 5 heteroatoms. The predicted molar refractivity (Wildman–Crippen MR) is 86.1 cm³/mol. The fourth-order valence-corrected chi connectivity index (χ4v) is 3.72. The van der Waals surface area contributed by atoms with E-state index in [-0.39, 0.29) is 12.0 Å². The Morgan fingerprint density at radius 1 is 1.43 bits per heavy atom. The van der Waals surface area contributed by atoms with Crippen LogP contribution in [0.1, 0.15) is 30.9 Å². The summed E-state index contributed by atoms with van der Waals surface area (Å²) in [6, 6.07) is 4.24. The van der Waals surface area contributed by atoms with Gasteiger partial charge in [0.15, 0.2) is 5.13 Å². The third-order valence-corrected chi connectivity index (χ3v) is 5.05. The minimum Gasteiger partial charge on any atom is -0.376 e. The lowest BCUT2D eigenvalue weighted by Gasteiger charge is -2.21.